The Balaban J connectivity index is 1.48. The fourth-order valence-electron chi connectivity index (χ4n) is 4.49. The first-order valence-corrected chi connectivity index (χ1v) is 10.0. The highest BCUT2D eigenvalue weighted by Gasteiger charge is 2.28. The molecule has 26 heavy (non-hydrogen) atoms. The number of aromatic nitrogens is 3. The Morgan fingerprint density at radius 2 is 1.88 bits per heavy atom. The van der Waals surface area contributed by atoms with Crippen LogP contribution in [0.2, 0.25) is 0 Å². The molecule has 2 aromatic heterocycles. The SMILES string of the molecule is O=c1ccc(-c2cccnc2)nn1CC1CCCN1CC1CCCCC1. The summed E-state index contributed by atoms with van der Waals surface area (Å²) in [7, 11) is 0. The molecule has 0 spiro atoms. The van der Waals surface area contributed by atoms with Crippen LogP contribution < -0.4 is 5.56 Å². The fourth-order valence-corrected chi connectivity index (χ4v) is 4.49. The third kappa shape index (κ3) is 4.04. The Morgan fingerprint density at radius 1 is 1.00 bits per heavy atom. The summed E-state index contributed by atoms with van der Waals surface area (Å²) in [6.07, 6.45) is 12.9. The monoisotopic (exact) mass is 352 g/mol. The van der Waals surface area contributed by atoms with Gasteiger partial charge in [0.1, 0.15) is 0 Å². The molecule has 0 N–H and O–H groups in total. The number of rotatable bonds is 5. The summed E-state index contributed by atoms with van der Waals surface area (Å²) >= 11 is 0. The average molecular weight is 352 g/mol. The molecule has 2 fully saturated rings. The van der Waals surface area contributed by atoms with Crippen molar-refractivity contribution < 1.29 is 0 Å². The first-order chi connectivity index (χ1) is 12.8. The minimum atomic E-state index is -0.0119. The molecule has 1 aliphatic heterocycles. The maximum Gasteiger partial charge on any atom is 0.266 e. The number of nitrogens with zero attached hydrogens (tertiary/aromatic N) is 4. The summed E-state index contributed by atoms with van der Waals surface area (Å²) < 4.78 is 1.66. The maximum absolute atomic E-state index is 12.4. The second-order valence-corrected chi connectivity index (χ2v) is 7.78. The first-order valence-electron chi connectivity index (χ1n) is 10.0. The summed E-state index contributed by atoms with van der Waals surface area (Å²) in [4.78, 5) is 19.1. The van der Waals surface area contributed by atoms with Crippen LogP contribution >= 0.6 is 0 Å². The number of likely N-dealkylation sites (tertiary alicyclic amines) is 1. The lowest BCUT2D eigenvalue weighted by molar-refractivity contribution is 0.171. The van der Waals surface area contributed by atoms with Crippen LogP contribution in [-0.2, 0) is 6.54 Å². The predicted molar refractivity (Wildman–Crippen MR) is 103 cm³/mol. The van der Waals surface area contributed by atoms with Crippen LogP contribution in [0.15, 0.2) is 41.5 Å². The van der Waals surface area contributed by atoms with Gasteiger partial charge in [0, 0.05) is 36.6 Å². The summed E-state index contributed by atoms with van der Waals surface area (Å²) in [5.41, 5.74) is 1.75. The van der Waals surface area contributed by atoms with E-state index in [1.807, 2.05) is 12.1 Å². The topological polar surface area (TPSA) is 51.0 Å². The van der Waals surface area contributed by atoms with E-state index in [9.17, 15) is 4.79 Å². The highest BCUT2D eigenvalue weighted by molar-refractivity contribution is 5.56. The van der Waals surface area contributed by atoms with Gasteiger partial charge in [0.25, 0.3) is 5.56 Å². The van der Waals surface area contributed by atoms with Crippen LogP contribution in [-0.4, -0.2) is 38.8 Å². The van der Waals surface area contributed by atoms with E-state index in [0.29, 0.717) is 12.6 Å². The van der Waals surface area contributed by atoms with Crippen LogP contribution in [0.5, 0.6) is 0 Å². The van der Waals surface area contributed by atoms with E-state index in [0.717, 1.165) is 30.1 Å². The molecule has 0 aromatic carbocycles. The molecule has 1 saturated carbocycles. The van der Waals surface area contributed by atoms with E-state index in [-0.39, 0.29) is 5.56 Å². The first kappa shape index (κ1) is 17.4. The lowest BCUT2D eigenvalue weighted by Crippen LogP contribution is -2.39. The summed E-state index contributed by atoms with van der Waals surface area (Å²) in [5.74, 6) is 0.843. The van der Waals surface area contributed by atoms with Gasteiger partial charge in [-0.2, -0.15) is 5.10 Å². The minimum absolute atomic E-state index is 0.0119. The normalized spacial score (nSPS) is 21.9. The van der Waals surface area contributed by atoms with Crippen molar-refractivity contribution in [3.63, 3.8) is 0 Å². The van der Waals surface area contributed by atoms with E-state index in [1.54, 1.807) is 29.2 Å². The summed E-state index contributed by atoms with van der Waals surface area (Å²) in [6.45, 7) is 3.06. The smallest absolute Gasteiger partial charge is 0.266 e. The molecule has 3 heterocycles. The number of hydrogen-bond acceptors (Lipinski definition) is 4. The van der Waals surface area contributed by atoms with Crippen molar-refractivity contribution in [2.75, 3.05) is 13.1 Å². The van der Waals surface area contributed by atoms with Gasteiger partial charge in [0.15, 0.2) is 0 Å². The Kier molecular flexibility index (Phi) is 5.44. The zero-order chi connectivity index (χ0) is 17.8. The van der Waals surface area contributed by atoms with Gasteiger partial charge in [-0.25, -0.2) is 4.68 Å². The Hall–Kier alpha value is -2.01. The molecule has 1 atom stereocenters. The van der Waals surface area contributed by atoms with Gasteiger partial charge in [-0.1, -0.05) is 19.3 Å². The summed E-state index contributed by atoms with van der Waals surface area (Å²) in [6, 6.07) is 7.75. The van der Waals surface area contributed by atoms with Crippen molar-refractivity contribution >= 4 is 0 Å². The summed E-state index contributed by atoms with van der Waals surface area (Å²) in [5, 5.41) is 4.62. The maximum atomic E-state index is 12.4. The van der Waals surface area contributed by atoms with Gasteiger partial charge in [0.2, 0.25) is 0 Å². The molecule has 0 amide bonds. The third-order valence-electron chi connectivity index (χ3n) is 5.92. The van der Waals surface area contributed by atoms with Crippen molar-refractivity contribution in [3.05, 3.63) is 47.0 Å². The van der Waals surface area contributed by atoms with Crippen molar-refractivity contribution in [1.29, 1.82) is 0 Å². The zero-order valence-corrected chi connectivity index (χ0v) is 15.4. The van der Waals surface area contributed by atoms with E-state index >= 15 is 0 Å². The molecule has 1 saturated heterocycles. The second kappa shape index (κ2) is 8.12. The Bertz CT molecular complexity index is 767. The van der Waals surface area contributed by atoms with Gasteiger partial charge >= 0.3 is 0 Å². The van der Waals surface area contributed by atoms with Gasteiger partial charge in [0.05, 0.1) is 12.2 Å². The highest BCUT2D eigenvalue weighted by Crippen LogP contribution is 2.28. The van der Waals surface area contributed by atoms with Crippen LogP contribution in [0.25, 0.3) is 11.3 Å². The van der Waals surface area contributed by atoms with Crippen molar-refractivity contribution in [3.8, 4) is 11.3 Å². The van der Waals surface area contributed by atoms with Gasteiger partial charge in [-0.05, 0) is 56.3 Å². The van der Waals surface area contributed by atoms with E-state index < -0.39 is 0 Å². The standard InChI is InChI=1S/C21H28N4O/c26-21-11-10-20(18-8-4-12-22-14-18)23-25(21)16-19-9-5-13-24(19)15-17-6-2-1-3-7-17/h4,8,10-12,14,17,19H,1-3,5-7,9,13,15-16H2. The molecule has 1 aliphatic carbocycles. The molecular weight excluding hydrogens is 324 g/mol. The highest BCUT2D eigenvalue weighted by atomic mass is 16.1. The van der Waals surface area contributed by atoms with E-state index in [2.05, 4.69) is 15.0 Å². The molecule has 1 unspecified atom stereocenters. The van der Waals surface area contributed by atoms with Crippen LogP contribution in [0.4, 0.5) is 0 Å². The Morgan fingerprint density at radius 3 is 2.69 bits per heavy atom. The van der Waals surface area contributed by atoms with Crippen LogP contribution in [0, 0.1) is 5.92 Å². The van der Waals surface area contributed by atoms with E-state index in [4.69, 9.17) is 0 Å². The molecule has 0 radical (unpaired) electrons. The molecule has 5 nitrogen and oxygen atoms in total. The van der Waals surface area contributed by atoms with Crippen LogP contribution in [0.3, 0.4) is 0 Å². The quantitative estimate of drug-likeness (QED) is 0.828. The predicted octanol–water partition coefficient (Wildman–Crippen LogP) is 3.35. The zero-order valence-electron chi connectivity index (χ0n) is 15.4. The van der Waals surface area contributed by atoms with Gasteiger partial charge in [-0.15, -0.1) is 0 Å². The van der Waals surface area contributed by atoms with Crippen molar-refractivity contribution in [2.45, 2.75) is 57.5 Å². The Labute approximate surface area is 155 Å². The second-order valence-electron chi connectivity index (χ2n) is 7.78. The fraction of sp³-hybridized carbons (Fsp3) is 0.571. The lowest BCUT2D eigenvalue weighted by atomic mass is 9.89. The minimum Gasteiger partial charge on any atom is -0.298 e. The third-order valence-corrected chi connectivity index (χ3v) is 5.92. The van der Waals surface area contributed by atoms with Gasteiger partial charge in [-0.3, -0.25) is 14.7 Å². The van der Waals surface area contributed by atoms with Gasteiger partial charge < -0.3 is 0 Å². The number of pyridine rings is 1. The van der Waals surface area contributed by atoms with E-state index in [1.165, 1.54) is 45.1 Å². The average Bonchev–Trinajstić information content (AvgIpc) is 3.12. The van der Waals surface area contributed by atoms with Crippen LogP contribution in [0.1, 0.15) is 44.9 Å². The molecule has 2 aromatic rings. The van der Waals surface area contributed by atoms with Crippen molar-refractivity contribution in [1.82, 2.24) is 19.7 Å². The molecule has 5 heteroatoms. The molecular formula is C21H28N4O. The molecule has 4 rings (SSSR count). The number of hydrogen-bond donors (Lipinski definition) is 0. The molecule has 2 aliphatic rings. The molecule has 138 valence electrons. The largest absolute Gasteiger partial charge is 0.298 e. The lowest BCUT2D eigenvalue weighted by Gasteiger charge is -2.31. The molecule has 0 bridgehead atoms. The van der Waals surface area contributed by atoms with Crippen molar-refractivity contribution in [2.24, 2.45) is 5.92 Å².